The van der Waals surface area contributed by atoms with E-state index < -0.39 is 5.82 Å². The van der Waals surface area contributed by atoms with Crippen LogP contribution < -0.4 is 0 Å². The quantitative estimate of drug-likeness (QED) is 0.828. The van der Waals surface area contributed by atoms with Crippen LogP contribution in [0.1, 0.15) is 12.0 Å². The first kappa shape index (κ1) is 13.5. The minimum Gasteiger partial charge on any atom is -0.344 e. The van der Waals surface area contributed by atoms with Crippen molar-refractivity contribution in [2.24, 2.45) is 0 Å². The van der Waals surface area contributed by atoms with Gasteiger partial charge in [-0.25, -0.2) is 4.39 Å². The summed E-state index contributed by atoms with van der Waals surface area (Å²) in [5.74, 6) is -0.744. The van der Waals surface area contributed by atoms with E-state index in [2.05, 4.69) is 0 Å². The van der Waals surface area contributed by atoms with Gasteiger partial charge in [-0.05, 0) is 12.1 Å². The topological polar surface area (TPSA) is 44.1 Å². The van der Waals surface area contributed by atoms with Crippen LogP contribution >= 0.6 is 11.6 Å². The maximum absolute atomic E-state index is 13.4. The average Bonchev–Trinajstić information content (AvgIpc) is 2.30. The maximum atomic E-state index is 13.4. The minimum absolute atomic E-state index is 0.0898. The fourth-order valence-electron chi connectivity index (χ4n) is 1.33. The first-order valence-corrected chi connectivity index (χ1v) is 5.48. The second-order valence-electron chi connectivity index (χ2n) is 3.60. The number of amides is 1. The number of carbonyl (C=O) groups excluding carboxylic acids is 1. The number of halogens is 2. The van der Waals surface area contributed by atoms with Gasteiger partial charge in [0.15, 0.2) is 0 Å². The molecule has 0 heterocycles. The Morgan fingerprint density at radius 2 is 2.29 bits per heavy atom. The summed E-state index contributed by atoms with van der Waals surface area (Å²) in [7, 11) is 1.58. The standard InChI is InChI=1S/C12H12ClFN2O/c1-16(7-3-6-15)12(17)8-9-10(13)4-2-5-11(9)14/h2,4-5H,3,7-8H2,1H3. The molecule has 0 unspecified atom stereocenters. The third kappa shape index (κ3) is 3.72. The van der Waals surface area contributed by atoms with E-state index in [-0.39, 0.29) is 29.3 Å². The molecule has 0 aliphatic carbocycles. The summed E-state index contributed by atoms with van der Waals surface area (Å²) in [5, 5.41) is 8.65. The molecule has 0 aliphatic rings. The van der Waals surface area contributed by atoms with Crippen molar-refractivity contribution in [1.29, 1.82) is 5.26 Å². The Hall–Kier alpha value is -1.60. The largest absolute Gasteiger partial charge is 0.344 e. The van der Waals surface area contributed by atoms with Gasteiger partial charge >= 0.3 is 0 Å². The van der Waals surface area contributed by atoms with Crippen LogP contribution in [0.15, 0.2) is 18.2 Å². The molecule has 0 radical (unpaired) electrons. The van der Waals surface area contributed by atoms with E-state index in [0.29, 0.717) is 6.54 Å². The number of rotatable bonds is 4. The highest BCUT2D eigenvalue weighted by atomic mass is 35.5. The third-order valence-corrected chi connectivity index (χ3v) is 2.73. The first-order valence-electron chi connectivity index (χ1n) is 5.10. The van der Waals surface area contributed by atoms with Gasteiger partial charge in [-0.1, -0.05) is 17.7 Å². The van der Waals surface area contributed by atoms with Crippen LogP contribution in [0.2, 0.25) is 5.02 Å². The Balaban J connectivity index is 2.72. The van der Waals surface area contributed by atoms with Gasteiger partial charge in [0.25, 0.3) is 0 Å². The first-order chi connectivity index (χ1) is 8.06. The maximum Gasteiger partial charge on any atom is 0.226 e. The second kappa shape index (κ2) is 6.21. The Labute approximate surface area is 104 Å². The van der Waals surface area contributed by atoms with Crippen molar-refractivity contribution in [2.75, 3.05) is 13.6 Å². The summed E-state index contributed by atoms with van der Waals surface area (Å²) < 4.78 is 13.4. The van der Waals surface area contributed by atoms with Crippen molar-refractivity contribution < 1.29 is 9.18 Å². The van der Waals surface area contributed by atoms with Gasteiger partial charge in [0.1, 0.15) is 5.82 Å². The molecule has 0 saturated carbocycles. The Morgan fingerprint density at radius 3 is 2.88 bits per heavy atom. The number of carbonyl (C=O) groups is 1. The number of likely N-dealkylation sites (N-methyl/N-ethyl adjacent to an activating group) is 1. The number of nitriles is 1. The van der Waals surface area contributed by atoms with Crippen molar-refractivity contribution in [2.45, 2.75) is 12.8 Å². The molecule has 1 aromatic rings. The smallest absolute Gasteiger partial charge is 0.226 e. The summed E-state index contributed by atoms with van der Waals surface area (Å²) in [4.78, 5) is 13.1. The predicted octanol–water partition coefficient (Wildman–Crippen LogP) is 2.39. The highest BCUT2D eigenvalue weighted by Gasteiger charge is 2.14. The zero-order valence-corrected chi connectivity index (χ0v) is 10.2. The van der Waals surface area contributed by atoms with E-state index in [0.717, 1.165) is 0 Å². The Morgan fingerprint density at radius 1 is 1.59 bits per heavy atom. The molecule has 1 amide bonds. The molecule has 0 N–H and O–H groups in total. The SMILES string of the molecule is CN(CCC#N)C(=O)Cc1c(F)cccc1Cl. The van der Waals surface area contributed by atoms with E-state index in [4.69, 9.17) is 16.9 Å². The molecular formula is C12H12ClFN2O. The van der Waals surface area contributed by atoms with Gasteiger partial charge in [-0.3, -0.25) is 4.79 Å². The number of hydrogen-bond donors (Lipinski definition) is 0. The molecule has 17 heavy (non-hydrogen) atoms. The molecule has 0 spiro atoms. The highest BCUT2D eigenvalue weighted by Crippen LogP contribution is 2.19. The molecule has 0 bridgehead atoms. The molecule has 1 rings (SSSR count). The lowest BCUT2D eigenvalue weighted by Gasteiger charge is -2.16. The summed E-state index contributed by atoms with van der Waals surface area (Å²) in [6.45, 7) is 0.335. The molecule has 0 aromatic heterocycles. The van der Waals surface area contributed by atoms with Gasteiger partial charge in [0, 0.05) is 24.2 Å². The van der Waals surface area contributed by atoms with Crippen molar-refractivity contribution >= 4 is 17.5 Å². The number of nitrogens with zero attached hydrogens (tertiary/aromatic N) is 2. The summed E-state index contributed by atoms with van der Waals surface area (Å²) in [5.41, 5.74) is 0.197. The van der Waals surface area contributed by atoms with Crippen LogP contribution in [0.4, 0.5) is 4.39 Å². The van der Waals surface area contributed by atoms with Crippen LogP contribution in [0.3, 0.4) is 0 Å². The van der Waals surface area contributed by atoms with Crippen LogP contribution in [0.25, 0.3) is 0 Å². The van der Waals surface area contributed by atoms with Crippen LogP contribution in [0, 0.1) is 17.1 Å². The van der Waals surface area contributed by atoms with Crippen LogP contribution in [-0.4, -0.2) is 24.4 Å². The normalized spacial score (nSPS) is 9.76. The summed E-state index contributed by atoms with van der Waals surface area (Å²) >= 11 is 5.82. The van der Waals surface area contributed by atoms with Crippen molar-refractivity contribution in [1.82, 2.24) is 4.90 Å². The molecule has 0 aliphatic heterocycles. The molecule has 1 aromatic carbocycles. The van der Waals surface area contributed by atoms with Gasteiger partial charge < -0.3 is 4.90 Å². The minimum atomic E-state index is -0.487. The molecule has 3 nitrogen and oxygen atoms in total. The van der Waals surface area contributed by atoms with E-state index in [9.17, 15) is 9.18 Å². The van der Waals surface area contributed by atoms with Crippen LogP contribution in [0.5, 0.6) is 0 Å². The summed E-state index contributed by atoms with van der Waals surface area (Å²) in [6.07, 6.45) is 0.167. The lowest BCUT2D eigenvalue weighted by molar-refractivity contribution is -0.129. The molecule has 0 atom stereocenters. The average molecular weight is 255 g/mol. The van der Waals surface area contributed by atoms with Gasteiger partial charge in [0.05, 0.1) is 18.9 Å². The van der Waals surface area contributed by atoms with Crippen molar-refractivity contribution in [3.63, 3.8) is 0 Å². The number of hydrogen-bond acceptors (Lipinski definition) is 2. The second-order valence-corrected chi connectivity index (χ2v) is 4.01. The summed E-state index contributed by atoms with van der Waals surface area (Å²) in [6, 6.07) is 6.25. The predicted molar refractivity (Wildman–Crippen MR) is 63.0 cm³/mol. The van der Waals surface area contributed by atoms with E-state index in [1.807, 2.05) is 6.07 Å². The zero-order valence-electron chi connectivity index (χ0n) is 9.41. The van der Waals surface area contributed by atoms with Gasteiger partial charge in [-0.15, -0.1) is 0 Å². The van der Waals surface area contributed by atoms with Crippen molar-refractivity contribution in [3.05, 3.63) is 34.6 Å². The Bertz CT molecular complexity index is 436. The Kier molecular flexibility index (Phi) is 4.92. The van der Waals surface area contributed by atoms with Gasteiger partial charge in [-0.2, -0.15) is 5.26 Å². The fourth-order valence-corrected chi connectivity index (χ4v) is 1.56. The fraction of sp³-hybridized carbons (Fsp3) is 0.333. The van der Waals surface area contributed by atoms with Crippen molar-refractivity contribution in [3.8, 4) is 6.07 Å². The van der Waals surface area contributed by atoms with Crippen LogP contribution in [-0.2, 0) is 11.2 Å². The molecule has 5 heteroatoms. The lowest BCUT2D eigenvalue weighted by atomic mass is 10.1. The van der Waals surface area contributed by atoms with E-state index >= 15 is 0 Å². The lowest BCUT2D eigenvalue weighted by Crippen LogP contribution is -2.29. The zero-order chi connectivity index (χ0) is 12.8. The third-order valence-electron chi connectivity index (χ3n) is 2.37. The molecule has 0 fully saturated rings. The molecule has 0 saturated heterocycles. The van der Waals surface area contributed by atoms with E-state index in [1.54, 1.807) is 13.1 Å². The van der Waals surface area contributed by atoms with Gasteiger partial charge in [0.2, 0.25) is 5.91 Å². The number of benzene rings is 1. The highest BCUT2D eigenvalue weighted by molar-refractivity contribution is 6.31. The molecular weight excluding hydrogens is 243 g/mol. The monoisotopic (exact) mass is 254 g/mol. The molecule has 90 valence electrons. The van der Waals surface area contributed by atoms with E-state index in [1.165, 1.54) is 17.0 Å².